The van der Waals surface area contributed by atoms with Crippen molar-refractivity contribution in [1.29, 1.82) is 0 Å². The van der Waals surface area contributed by atoms with E-state index in [-0.39, 0.29) is 5.97 Å². The van der Waals surface area contributed by atoms with Gasteiger partial charge in [-0.05, 0) is 25.2 Å². The predicted molar refractivity (Wildman–Crippen MR) is 115 cm³/mol. The van der Waals surface area contributed by atoms with Gasteiger partial charge in [0.25, 0.3) is 0 Å². The van der Waals surface area contributed by atoms with Crippen molar-refractivity contribution < 1.29 is 9.53 Å². The maximum absolute atomic E-state index is 12.2. The fraction of sp³-hybridized carbons (Fsp3) is 0.958. The monoisotopic (exact) mass is 368 g/mol. The van der Waals surface area contributed by atoms with E-state index < -0.39 is 0 Å². The van der Waals surface area contributed by atoms with Gasteiger partial charge in [-0.2, -0.15) is 0 Å². The van der Waals surface area contributed by atoms with Crippen LogP contribution < -0.4 is 0 Å². The molecule has 2 nitrogen and oxygen atoms in total. The van der Waals surface area contributed by atoms with Crippen LogP contribution in [0.1, 0.15) is 136 Å². The summed E-state index contributed by atoms with van der Waals surface area (Å²) in [6.45, 7) is 7.36. The van der Waals surface area contributed by atoms with Crippen LogP contribution >= 0.6 is 0 Å². The molecule has 0 aromatic carbocycles. The minimum absolute atomic E-state index is 0.0473. The van der Waals surface area contributed by atoms with Crippen LogP contribution in [0.5, 0.6) is 0 Å². The fourth-order valence-corrected chi connectivity index (χ4v) is 3.61. The highest BCUT2D eigenvalue weighted by Crippen LogP contribution is 2.22. The molecule has 0 aliphatic heterocycles. The molecule has 1 atom stereocenters. The molecule has 0 saturated carbocycles. The first-order chi connectivity index (χ1) is 12.7. The van der Waals surface area contributed by atoms with Gasteiger partial charge in [-0.15, -0.1) is 0 Å². The molecule has 0 saturated heterocycles. The van der Waals surface area contributed by atoms with Gasteiger partial charge in [-0.1, -0.05) is 111 Å². The number of carbonyl (C=O) groups is 1. The Hall–Kier alpha value is -0.530. The van der Waals surface area contributed by atoms with E-state index >= 15 is 0 Å². The van der Waals surface area contributed by atoms with Crippen LogP contribution in [0.25, 0.3) is 0 Å². The van der Waals surface area contributed by atoms with Gasteiger partial charge in [0.2, 0.25) is 0 Å². The minimum Gasteiger partial charge on any atom is -0.466 e. The molecular formula is C24H48O2. The molecule has 0 aliphatic rings. The van der Waals surface area contributed by atoms with E-state index in [4.69, 9.17) is 4.74 Å². The Labute approximate surface area is 164 Å². The largest absolute Gasteiger partial charge is 0.466 e. The Morgan fingerprint density at radius 3 is 1.54 bits per heavy atom. The van der Waals surface area contributed by atoms with Crippen molar-refractivity contribution in [3.63, 3.8) is 0 Å². The van der Waals surface area contributed by atoms with Crippen LogP contribution in [-0.4, -0.2) is 12.6 Å². The van der Waals surface area contributed by atoms with E-state index in [9.17, 15) is 4.79 Å². The molecule has 0 heterocycles. The van der Waals surface area contributed by atoms with E-state index in [1.165, 1.54) is 103 Å². The van der Waals surface area contributed by atoms with Gasteiger partial charge in [0.05, 0.1) is 6.61 Å². The van der Waals surface area contributed by atoms with Gasteiger partial charge in [-0.3, -0.25) is 4.79 Å². The van der Waals surface area contributed by atoms with E-state index in [0.717, 1.165) is 6.42 Å². The first kappa shape index (κ1) is 25.5. The standard InChI is InChI=1S/C24H48O2/c1-4-7-10-13-15-17-20-23(19-16-14-11-8-5-2)22-24(25)26-21-18-12-9-6-3/h23H,4-22H2,1-3H3. The molecule has 2 heteroatoms. The number of hydrogen-bond donors (Lipinski definition) is 0. The SMILES string of the molecule is CCCCCCCCC(CCCCCCC)CC(=O)OCCCCCC. The summed E-state index contributed by atoms with van der Waals surface area (Å²) in [7, 11) is 0. The second-order valence-corrected chi connectivity index (χ2v) is 8.11. The Balaban J connectivity index is 3.98. The minimum atomic E-state index is 0.0473. The summed E-state index contributed by atoms with van der Waals surface area (Å²) in [6.07, 6.45) is 22.4. The maximum Gasteiger partial charge on any atom is 0.306 e. The lowest BCUT2D eigenvalue weighted by molar-refractivity contribution is -0.145. The molecule has 0 bridgehead atoms. The van der Waals surface area contributed by atoms with Crippen molar-refractivity contribution in [2.75, 3.05) is 6.61 Å². The smallest absolute Gasteiger partial charge is 0.306 e. The van der Waals surface area contributed by atoms with Crippen LogP contribution in [0, 0.1) is 5.92 Å². The third-order valence-corrected chi connectivity index (χ3v) is 5.40. The van der Waals surface area contributed by atoms with Gasteiger partial charge in [-0.25, -0.2) is 0 Å². The lowest BCUT2D eigenvalue weighted by atomic mass is 9.91. The van der Waals surface area contributed by atoms with Crippen LogP contribution in [0.2, 0.25) is 0 Å². The Morgan fingerprint density at radius 1 is 0.615 bits per heavy atom. The molecule has 0 spiro atoms. The summed E-state index contributed by atoms with van der Waals surface area (Å²) >= 11 is 0. The van der Waals surface area contributed by atoms with Crippen molar-refractivity contribution in [3.05, 3.63) is 0 Å². The zero-order valence-corrected chi connectivity index (χ0v) is 18.3. The highest BCUT2D eigenvalue weighted by Gasteiger charge is 2.14. The molecule has 0 N–H and O–H groups in total. The third-order valence-electron chi connectivity index (χ3n) is 5.40. The Kier molecular flexibility index (Phi) is 20.4. The number of carbonyl (C=O) groups excluding carboxylic acids is 1. The average Bonchev–Trinajstić information content (AvgIpc) is 2.64. The molecule has 1 unspecified atom stereocenters. The summed E-state index contributed by atoms with van der Waals surface area (Å²) in [5.41, 5.74) is 0. The number of ether oxygens (including phenoxy) is 1. The maximum atomic E-state index is 12.2. The van der Waals surface area contributed by atoms with Crippen molar-refractivity contribution >= 4 is 5.97 Å². The first-order valence-corrected chi connectivity index (χ1v) is 11.9. The average molecular weight is 369 g/mol. The molecular weight excluding hydrogens is 320 g/mol. The van der Waals surface area contributed by atoms with Gasteiger partial charge in [0, 0.05) is 6.42 Å². The van der Waals surface area contributed by atoms with E-state index in [1.54, 1.807) is 0 Å². The normalized spacial score (nSPS) is 12.3. The van der Waals surface area contributed by atoms with Gasteiger partial charge in [0.1, 0.15) is 0 Å². The summed E-state index contributed by atoms with van der Waals surface area (Å²) in [4.78, 5) is 12.2. The molecule has 0 aromatic heterocycles. The fourth-order valence-electron chi connectivity index (χ4n) is 3.61. The second kappa shape index (κ2) is 20.8. The zero-order chi connectivity index (χ0) is 19.3. The van der Waals surface area contributed by atoms with E-state index in [2.05, 4.69) is 20.8 Å². The number of hydrogen-bond acceptors (Lipinski definition) is 2. The third kappa shape index (κ3) is 18.3. The molecule has 156 valence electrons. The van der Waals surface area contributed by atoms with Gasteiger partial charge >= 0.3 is 5.97 Å². The molecule has 0 amide bonds. The van der Waals surface area contributed by atoms with Crippen molar-refractivity contribution in [3.8, 4) is 0 Å². The summed E-state index contributed by atoms with van der Waals surface area (Å²) in [5, 5.41) is 0. The van der Waals surface area contributed by atoms with Crippen LogP contribution in [0.3, 0.4) is 0 Å². The van der Waals surface area contributed by atoms with Gasteiger partial charge in [0.15, 0.2) is 0 Å². The Morgan fingerprint density at radius 2 is 1.04 bits per heavy atom. The summed E-state index contributed by atoms with van der Waals surface area (Å²) in [5.74, 6) is 0.594. The Bertz CT molecular complexity index is 288. The number of unbranched alkanes of at least 4 members (excludes halogenated alkanes) is 12. The molecule has 0 fully saturated rings. The highest BCUT2D eigenvalue weighted by molar-refractivity contribution is 5.69. The topological polar surface area (TPSA) is 26.3 Å². The zero-order valence-electron chi connectivity index (χ0n) is 18.3. The molecule has 0 aliphatic carbocycles. The highest BCUT2D eigenvalue weighted by atomic mass is 16.5. The van der Waals surface area contributed by atoms with E-state index in [1.807, 2.05) is 0 Å². The molecule has 26 heavy (non-hydrogen) atoms. The lowest BCUT2D eigenvalue weighted by Gasteiger charge is -2.16. The summed E-state index contributed by atoms with van der Waals surface area (Å²) < 4.78 is 5.48. The molecule has 0 rings (SSSR count). The van der Waals surface area contributed by atoms with Crippen LogP contribution in [0.4, 0.5) is 0 Å². The number of rotatable bonds is 20. The van der Waals surface area contributed by atoms with Crippen molar-refractivity contribution in [2.24, 2.45) is 5.92 Å². The van der Waals surface area contributed by atoms with Crippen LogP contribution in [0.15, 0.2) is 0 Å². The molecule has 0 aromatic rings. The quantitative estimate of drug-likeness (QED) is 0.160. The van der Waals surface area contributed by atoms with Crippen molar-refractivity contribution in [1.82, 2.24) is 0 Å². The predicted octanol–water partition coefficient (Wildman–Crippen LogP) is 8.23. The van der Waals surface area contributed by atoms with E-state index in [0.29, 0.717) is 18.9 Å². The summed E-state index contributed by atoms with van der Waals surface area (Å²) in [6, 6.07) is 0. The first-order valence-electron chi connectivity index (χ1n) is 11.9. The number of esters is 1. The van der Waals surface area contributed by atoms with Crippen LogP contribution in [-0.2, 0) is 9.53 Å². The van der Waals surface area contributed by atoms with Crippen molar-refractivity contribution in [2.45, 2.75) is 136 Å². The second-order valence-electron chi connectivity index (χ2n) is 8.11. The molecule has 0 radical (unpaired) electrons. The lowest BCUT2D eigenvalue weighted by Crippen LogP contribution is -2.13. The van der Waals surface area contributed by atoms with Gasteiger partial charge < -0.3 is 4.74 Å².